The van der Waals surface area contributed by atoms with Crippen LogP contribution in [0.2, 0.25) is 0 Å². The first-order chi connectivity index (χ1) is 16.7. The largest absolute Gasteiger partial charge is 0.419 e. The van der Waals surface area contributed by atoms with Crippen molar-refractivity contribution in [1.29, 1.82) is 0 Å². The number of ether oxygens (including phenoxy) is 2. The highest BCUT2D eigenvalue weighted by molar-refractivity contribution is 5.95. The molecule has 0 aromatic heterocycles. The minimum atomic E-state index is -0.532. The lowest BCUT2D eigenvalue weighted by atomic mass is 9.84. The maximum atomic E-state index is 12.9. The van der Waals surface area contributed by atoms with Crippen LogP contribution >= 0.6 is 0 Å². The van der Waals surface area contributed by atoms with Crippen molar-refractivity contribution in [3.63, 3.8) is 0 Å². The van der Waals surface area contributed by atoms with E-state index in [1.807, 2.05) is 56.3 Å². The van der Waals surface area contributed by atoms with Crippen LogP contribution in [0.5, 0.6) is 11.5 Å². The second-order valence-corrected chi connectivity index (χ2v) is 9.46. The van der Waals surface area contributed by atoms with E-state index in [4.69, 9.17) is 15.2 Å². The summed E-state index contributed by atoms with van der Waals surface area (Å²) < 4.78 is 11.5. The summed E-state index contributed by atoms with van der Waals surface area (Å²) in [6.45, 7) is 8.53. The molecule has 0 unspecified atom stereocenters. The van der Waals surface area contributed by atoms with Crippen LogP contribution in [0.3, 0.4) is 0 Å². The van der Waals surface area contributed by atoms with E-state index < -0.39 is 11.9 Å². The van der Waals surface area contributed by atoms with Crippen LogP contribution in [0.25, 0.3) is 10.8 Å². The molecule has 35 heavy (non-hydrogen) atoms. The smallest absolute Gasteiger partial charge is 0.343 e. The van der Waals surface area contributed by atoms with Gasteiger partial charge in [0.25, 0.3) is 0 Å². The molecule has 4 aromatic carbocycles. The second kappa shape index (κ2) is 9.72. The normalized spacial score (nSPS) is 11.3. The summed E-state index contributed by atoms with van der Waals surface area (Å²) in [5, 5.41) is 1.70. The number of aryl methyl sites for hydroxylation is 2. The van der Waals surface area contributed by atoms with E-state index in [9.17, 15) is 9.59 Å². The minimum absolute atomic E-state index is 0.172. The molecule has 178 valence electrons. The number of rotatable bonds is 6. The van der Waals surface area contributed by atoms with Gasteiger partial charge in [0.05, 0.1) is 11.1 Å². The fraction of sp³-hybridized carbons (Fsp3) is 0.200. The molecule has 0 saturated carbocycles. The summed E-state index contributed by atoms with van der Waals surface area (Å²) in [7, 11) is 0. The molecule has 0 bridgehead atoms. The molecule has 5 nitrogen and oxygen atoms in total. The molecular weight excluding hydrogens is 438 g/mol. The Morgan fingerprint density at radius 2 is 1.14 bits per heavy atom. The van der Waals surface area contributed by atoms with E-state index in [0.29, 0.717) is 17.7 Å². The third-order valence-electron chi connectivity index (χ3n) is 6.17. The Morgan fingerprint density at radius 1 is 0.686 bits per heavy atom. The van der Waals surface area contributed by atoms with E-state index in [1.54, 1.807) is 36.4 Å². The van der Waals surface area contributed by atoms with Crippen molar-refractivity contribution in [2.45, 2.75) is 33.1 Å². The van der Waals surface area contributed by atoms with E-state index >= 15 is 0 Å². The fourth-order valence-electron chi connectivity index (χ4n) is 3.65. The second-order valence-electron chi connectivity index (χ2n) is 9.46. The van der Waals surface area contributed by atoms with Crippen LogP contribution in [-0.4, -0.2) is 18.5 Å². The lowest BCUT2D eigenvalue weighted by Crippen LogP contribution is -2.27. The summed E-state index contributed by atoms with van der Waals surface area (Å²) in [5.41, 5.74) is 9.70. The van der Waals surface area contributed by atoms with Crippen LogP contribution in [0.15, 0.2) is 78.9 Å². The molecule has 0 aliphatic carbocycles. The zero-order chi connectivity index (χ0) is 25.2. The van der Waals surface area contributed by atoms with Crippen LogP contribution in [0.4, 0.5) is 0 Å². The highest BCUT2D eigenvalue weighted by atomic mass is 16.6. The Labute approximate surface area is 205 Å². The van der Waals surface area contributed by atoms with Crippen molar-refractivity contribution in [2.75, 3.05) is 6.54 Å². The number of benzene rings is 4. The van der Waals surface area contributed by atoms with E-state index in [-0.39, 0.29) is 16.9 Å². The van der Waals surface area contributed by atoms with Crippen LogP contribution in [0, 0.1) is 13.8 Å². The maximum Gasteiger partial charge on any atom is 0.343 e. The summed E-state index contributed by atoms with van der Waals surface area (Å²) in [5.74, 6) is -0.714. The minimum Gasteiger partial charge on any atom is -0.419 e. The topological polar surface area (TPSA) is 78.6 Å². The van der Waals surface area contributed by atoms with Crippen molar-refractivity contribution in [3.8, 4) is 11.5 Å². The molecule has 4 aromatic rings. The average molecular weight is 468 g/mol. The van der Waals surface area contributed by atoms with Gasteiger partial charge in [-0.2, -0.15) is 0 Å². The van der Waals surface area contributed by atoms with Crippen LogP contribution in [0.1, 0.15) is 51.3 Å². The Hall–Kier alpha value is -3.96. The number of esters is 2. The van der Waals surface area contributed by atoms with Gasteiger partial charge in [-0.05, 0) is 66.6 Å². The quantitative estimate of drug-likeness (QED) is 0.273. The van der Waals surface area contributed by atoms with Crippen LogP contribution < -0.4 is 15.2 Å². The molecule has 0 aliphatic heterocycles. The molecule has 5 heteroatoms. The Morgan fingerprint density at radius 3 is 1.60 bits per heavy atom. The summed E-state index contributed by atoms with van der Waals surface area (Å²) >= 11 is 0. The molecule has 0 fully saturated rings. The zero-order valence-corrected chi connectivity index (χ0v) is 20.4. The van der Waals surface area contributed by atoms with Gasteiger partial charge in [-0.1, -0.05) is 67.4 Å². The molecule has 2 N–H and O–H groups in total. The van der Waals surface area contributed by atoms with Crippen molar-refractivity contribution in [3.05, 3.63) is 107 Å². The first kappa shape index (κ1) is 24.2. The van der Waals surface area contributed by atoms with Crippen LogP contribution in [-0.2, 0) is 5.41 Å². The van der Waals surface area contributed by atoms with Crippen molar-refractivity contribution >= 4 is 22.7 Å². The summed E-state index contributed by atoms with van der Waals surface area (Å²) in [4.78, 5) is 25.8. The summed E-state index contributed by atoms with van der Waals surface area (Å²) in [6.07, 6.45) is 0. The van der Waals surface area contributed by atoms with E-state index in [0.717, 1.165) is 27.5 Å². The number of nitrogens with two attached hydrogens (primary N) is 1. The molecule has 0 saturated heterocycles. The molecule has 0 amide bonds. The molecule has 0 spiro atoms. The molecule has 0 radical (unpaired) electrons. The number of carbonyl (C=O) groups excluding carboxylic acids is 2. The highest BCUT2D eigenvalue weighted by Crippen LogP contribution is 2.36. The van der Waals surface area contributed by atoms with E-state index in [1.165, 1.54) is 0 Å². The zero-order valence-electron chi connectivity index (χ0n) is 20.4. The molecule has 0 heterocycles. The monoisotopic (exact) mass is 467 g/mol. The first-order valence-electron chi connectivity index (χ1n) is 11.5. The predicted molar refractivity (Wildman–Crippen MR) is 138 cm³/mol. The number of hydrogen-bond donors (Lipinski definition) is 1. The molecule has 0 aliphatic rings. The Kier molecular flexibility index (Phi) is 6.72. The fourth-order valence-corrected chi connectivity index (χ4v) is 3.65. The van der Waals surface area contributed by atoms with Gasteiger partial charge < -0.3 is 15.2 Å². The molecule has 4 rings (SSSR count). The third kappa shape index (κ3) is 5.42. The number of fused-ring (bicyclic) bond motifs is 1. The Balaban J connectivity index is 1.75. The van der Waals surface area contributed by atoms with Gasteiger partial charge in [0.1, 0.15) is 0 Å². The van der Waals surface area contributed by atoms with Gasteiger partial charge in [0.15, 0.2) is 11.5 Å². The number of hydrogen-bond acceptors (Lipinski definition) is 5. The Bertz CT molecular complexity index is 1390. The average Bonchev–Trinajstić information content (AvgIpc) is 2.84. The standard InChI is InChI=1S/C30H29NO4/c1-19-5-9-21(10-6-19)28(32)34-26-16-23-13-14-25(30(3,4)18-31)15-24(23)17-27(26)35-29(33)22-11-7-20(2)8-12-22/h5-17H,18,31H2,1-4H3. The lowest BCUT2D eigenvalue weighted by Gasteiger charge is -2.23. The molecular formula is C30H29NO4. The van der Waals surface area contributed by atoms with Gasteiger partial charge in [-0.25, -0.2) is 9.59 Å². The summed E-state index contributed by atoms with van der Waals surface area (Å²) in [6, 6.07) is 23.6. The van der Waals surface area contributed by atoms with Gasteiger partial charge in [0.2, 0.25) is 0 Å². The van der Waals surface area contributed by atoms with Crippen molar-refractivity contribution in [2.24, 2.45) is 5.73 Å². The van der Waals surface area contributed by atoms with Crippen molar-refractivity contribution in [1.82, 2.24) is 0 Å². The first-order valence-corrected chi connectivity index (χ1v) is 11.5. The maximum absolute atomic E-state index is 12.9. The van der Waals surface area contributed by atoms with Crippen molar-refractivity contribution < 1.29 is 19.1 Å². The van der Waals surface area contributed by atoms with Gasteiger partial charge >= 0.3 is 11.9 Å². The van der Waals surface area contributed by atoms with Gasteiger partial charge in [-0.15, -0.1) is 0 Å². The van der Waals surface area contributed by atoms with E-state index in [2.05, 4.69) is 13.8 Å². The SMILES string of the molecule is Cc1ccc(C(=O)Oc2cc3ccc(C(C)(C)CN)cc3cc2OC(=O)c2ccc(C)cc2)cc1. The van der Waals surface area contributed by atoms with Gasteiger partial charge in [0, 0.05) is 12.0 Å². The predicted octanol–water partition coefficient (Wildman–Crippen LogP) is 6.13. The molecule has 0 atom stereocenters. The number of carbonyl (C=O) groups is 2. The highest BCUT2D eigenvalue weighted by Gasteiger charge is 2.21. The van der Waals surface area contributed by atoms with Gasteiger partial charge in [-0.3, -0.25) is 0 Å². The lowest BCUT2D eigenvalue weighted by molar-refractivity contribution is 0.0683. The third-order valence-corrected chi connectivity index (χ3v) is 6.17.